The second-order valence-corrected chi connectivity index (χ2v) is 8.85. The Labute approximate surface area is 179 Å². The van der Waals surface area contributed by atoms with Crippen LogP contribution in [0.15, 0.2) is 27.1 Å². The second kappa shape index (κ2) is 7.61. The predicted molar refractivity (Wildman–Crippen MR) is 111 cm³/mol. The minimum absolute atomic E-state index is 0.0973. The monoisotopic (exact) mass is 429 g/mol. The Bertz CT molecular complexity index is 1080. The van der Waals surface area contributed by atoms with Crippen LogP contribution in [0.3, 0.4) is 0 Å². The lowest BCUT2D eigenvalue weighted by Gasteiger charge is -2.31. The molecule has 2 fully saturated rings. The molecule has 158 valence electrons. The summed E-state index contributed by atoms with van der Waals surface area (Å²) in [5.74, 6) is 3.11. The van der Waals surface area contributed by atoms with Gasteiger partial charge in [0.1, 0.15) is 16.3 Å². The summed E-state index contributed by atoms with van der Waals surface area (Å²) < 4.78 is 17.3. The predicted octanol–water partition coefficient (Wildman–Crippen LogP) is 5.12. The topological polar surface area (TPSA) is 90.4 Å². The van der Waals surface area contributed by atoms with E-state index in [2.05, 4.69) is 15.5 Å². The van der Waals surface area contributed by atoms with E-state index in [-0.39, 0.29) is 17.9 Å². The average Bonchev–Trinajstić information content (AvgIpc) is 3.19. The Kier molecular flexibility index (Phi) is 4.93. The molecule has 1 atom stereocenters. The first-order chi connectivity index (χ1) is 14.5. The molecule has 5 rings (SSSR count). The average molecular weight is 430 g/mol. The number of oxazole rings is 1. The highest BCUT2D eigenvalue weighted by molar-refractivity contribution is 6.36. The first kappa shape index (κ1) is 19.4. The molecule has 2 heterocycles. The zero-order valence-corrected chi connectivity index (χ0v) is 17.7. The van der Waals surface area contributed by atoms with Crippen molar-refractivity contribution >= 4 is 28.6 Å². The molecule has 0 spiro atoms. The highest BCUT2D eigenvalue weighted by Gasteiger charge is 2.37. The summed E-state index contributed by atoms with van der Waals surface area (Å²) in [6.07, 6.45) is 4.23. The lowest BCUT2D eigenvalue weighted by atomic mass is 9.73. The molecule has 2 aliphatic rings. The molecule has 0 unspecified atom stereocenters. The Hall–Kier alpha value is -2.54. The van der Waals surface area contributed by atoms with Gasteiger partial charge in [-0.1, -0.05) is 16.8 Å². The van der Waals surface area contributed by atoms with Crippen molar-refractivity contribution in [2.45, 2.75) is 57.4 Å². The lowest BCUT2D eigenvalue weighted by Crippen LogP contribution is -2.23. The molecule has 8 heteroatoms. The molecule has 1 amide bonds. The number of halogens is 1. The number of ether oxygens (including phenoxy) is 1. The lowest BCUT2D eigenvalue weighted by molar-refractivity contribution is -0.119. The van der Waals surface area contributed by atoms with Crippen molar-refractivity contribution in [2.24, 2.45) is 5.92 Å². The summed E-state index contributed by atoms with van der Waals surface area (Å²) in [4.78, 5) is 15.9. The molecule has 30 heavy (non-hydrogen) atoms. The minimum atomic E-state index is -0.199. The summed E-state index contributed by atoms with van der Waals surface area (Å²) in [6, 6.07) is 5.50. The molecule has 3 aromatic rings. The number of carbonyl (C=O) groups excluding carboxylic acids is 1. The van der Waals surface area contributed by atoms with Gasteiger partial charge in [0.05, 0.1) is 18.3 Å². The smallest absolute Gasteiger partial charge is 0.217 e. The number of hydrogen-bond acceptors (Lipinski definition) is 6. The summed E-state index contributed by atoms with van der Waals surface area (Å²) in [5.41, 5.74) is 2.25. The van der Waals surface area contributed by atoms with Crippen molar-refractivity contribution in [1.82, 2.24) is 15.5 Å². The minimum Gasteiger partial charge on any atom is -0.492 e. The van der Waals surface area contributed by atoms with Crippen molar-refractivity contribution in [3.8, 4) is 5.75 Å². The Morgan fingerprint density at radius 3 is 2.87 bits per heavy atom. The van der Waals surface area contributed by atoms with Crippen LogP contribution in [0.4, 0.5) is 0 Å². The van der Waals surface area contributed by atoms with Crippen LogP contribution in [0.25, 0.3) is 11.1 Å². The maximum absolute atomic E-state index is 11.2. The number of nitrogens with one attached hydrogen (secondary N) is 1. The van der Waals surface area contributed by atoms with Gasteiger partial charge in [-0.3, -0.25) is 4.79 Å². The van der Waals surface area contributed by atoms with Gasteiger partial charge < -0.3 is 19.0 Å². The molecule has 2 aliphatic carbocycles. The van der Waals surface area contributed by atoms with E-state index in [1.807, 2.05) is 25.1 Å². The highest BCUT2D eigenvalue weighted by atomic mass is 35.5. The third-order valence-corrected chi connectivity index (χ3v) is 6.31. The van der Waals surface area contributed by atoms with Gasteiger partial charge in [-0.05, 0) is 50.7 Å². The first-order valence-electron chi connectivity index (χ1n) is 10.4. The molecule has 0 saturated heterocycles. The van der Waals surface area contributed by atoms with Gasteiger partial charge in [-0.2, -0.15) is 0 Å². The largest absolute Gasteiger partial charge is 0.492 e. The molecule has 2 aromatic heterocycles. The van der Waals surface area contributed by atoms with Crippen molar-refractivity contribution < 1.29 is 18.5 Å². The number of carbonyl (C=O) groups is 1. The third kappa shape index (κ3) is 3.78. The Morgan fingerprint density at radius 1 is 1.33 bits per heavy atom. The van der Waals surface area contributed by atoms with Gasteiger partial charge in [0.25, 0.3) is 0 Å². The fourth-order valence-electron chi connectivity index (χ4n) is 3.87. The van der Waals surface area contributed by atoms with Crippen LogP contribution < -0.4 is 10.1 Å². The maximum atomic E-state index is 11.2. The summed E-state index contributed by atoms with van der Waals surface area (Å²) in [5, 5.41) is 7.49. The van der Waals surface area contributed by atoms with E-state index < -0.39 is 0 Å². The molecule has 1 N–H and O–H groups in total. The van der Waals surface area contributed by atoms with Gasteiger partial charge >= 0.3 is 0 Å². The Balaban J connectivity index is 1.25. The molecule has 7 nitrogen and oxygen atoms in total. The van der Waals surface area contributed by atoms with Gasteiger partial charge in [0.15, 0.2) is 17.2 Å². The van der Waals surface area contributed by atoms with E-state index in [0.717, 1.165) is 24.1 Å². The maximum Gasteiger partial charge on any atom is 0.217 e. The van der Waals surface area contributed by atoms with Crippen LogP contribution >= 0.6 is 11.6 Å². The quantitative estimate of drug-likeness (QED) is 0.560. The molecular formula is C22H24ClN3O4. The van der Waals surface area contributed by atoms with Crippen LogP contribution in [0, 0.1) is 5.92 Å². The number of nitrogens with zero attached hydrogens (tertiary/aromatic N) is 2. The van der Waals surface area contributed by atoms with E-state index in [1.54, 1.807) is 0 Å². The van der Waals surface area contributed by atoms with E-state index in [1.165, 1.54) is 19.8 Å². The SMILES string of the molecule is CC(=O)N[C@@H](C)c1cc(C2CC(c3nc4ccc(OCC5CC5)c(Cl)c4o3)C2)no1. The molecular weight excluding hydrogens is 406 g/mol. The van der Waals surface area contributed by atoms with Crippen molar-refractivity contribution in [2.75, 3.05) is 6.61 Å². The highest BCUT2D eigenvalue weighted by Crippen LogP contribution is 2.48. The van der Waals surface area contributed by atoms with Gasteiger partial charge in [0, 0.05) is 24.8 Å². The first-order valence-corrected chi connectivity index (χ1v) is 10.8. The van der Waals surface area contributed by atoms with E-state index in [4.69, 9.17) is 25.3 Å². The summed E-state index contributed by atoms with van der Waals surface area (Å²) >= 11 is 6.51. The van der Waals surface area contributed by atoms with Crippen LogP contribution in [0.2, 0.25) is 5.02 Å². The molecule has 0 bridgehead atoms. The van der Waals surface area contributed by atoms with Crippen molar-refractivity contribution in [3.05, 3.63) is 40.6 Å². The van der Waals surface area contributed by atoms with E-state index >= 15 is 0 Å². The fourth-order valence-corrected chi connectivity index (χ4v) is 4.13. The molecule has 0 aliphatic heterocycles. The molecule has 2 saturated carbocycles. The Morgan fingerprint density at radius 2 is 2.13 bits per heavy atom. The van der Waals surface area contributed by atoms with Crippen LogP contribution in [0.5, 0.6) is 5.75 Å². The summed E-state index contributed by atoms with van der Waals surface area (Å²) in [7, 11) is 0. The zero-order valence-electron chi connectivity index (χ0n) is 17.0. The fraction of sp³-hybridized carbons (Fsp3) is 0.500. The molecule has 0 radical (unpaired) electrons. The zero-order chi connectivity index (χ0) is 20.8. The number of aromatic nitrogens is 2. The van der Waals surface area contributed by atoms with E-state index in [0.29, 0.717) is 46.4 Å². The van der Waals surface area contributed by atoms with Crippen LogP contribution in [-0.4, -0.2) is 22.7 Å². The number of hydrogen-bond donors (Lipinski definition) is 1. The standard InChI is InChI=1S/C22H24ClN3O4/c1-11(24-12(2)27)19-9-17(26-30-19)14-7-15(8-14)22-25-16-5-6-18(20(23)21(16)29-22)28-10-13-3-4-13/h5-6,9,11,13-15H,3-4,7-8,10H2,1-2H3,(H,24,27)/t11-,14?,15?/m0/s1. The van der Waals surface area contributed by atoms with Gasteiger partial charge in [0.2, 0.25) is 5.91 Å². The van der Waals surface area contributed by atoms with Crippen LogP contribution in [0.1, 0.15) is 74.8 Å². The number of amides is 1. The third-order valence-electron chi connectivity index (χ3n) is 5.95. The molecule has 1 aromatic carbocycles. The van der Waals surface area contributed by atoms with Gasteiger partial charge in [-0.15, -0.1) is 0 Å². The number of rotatable bonds is 7. The van der Waals surface area contributed by atoms with Gasteiger partial charge in [-0.25, -0.2) is 4.98 Å². The summed E-state index contributed by atoms with van der Waals surface area (Å²) in [6.45, 7) is 4.07. The number of fused-ring (bicyclic) bond motifs is 1. The van der Waals surface area contributed by atoms with Crippen molar-refractivity contribution in [3.63, 3.8) is 0 Å². The van der Waals surface area contributed by atoms with E-state index in [9.17, 15) is 4.79 Å². The van der Waals surface area contributed by atoms with Crippen molar-refractivity contribution in [1.29, 1.82) is 0 Å². The second-order valence-electron chi connectivity index (χ2n) is 8.47. The number of benzene rings is 1. The van der Waals surface area contributed by atoms with Crippen LogP contribution in [-0.2, 0) is 4.79 Å². The normalized spacial score (nSPS) is 22.0.